The van der Waals surface area contributed by atoms with Crippen molar-refractivity contribution >= 4 is 21.8 Å². The minimum Gasteiger partial charge on any atom is -0.469 e. The smallest absolute Gasteiger partial charge is 0.277 e. The molecule has 1 aromatic carbocycles. The Kier molecular flexibility index (Phi) is 4.98. The van der Waals surface area contributed by atoms with Crippen molar-refractivity contribution in [3.05, 3.63) is 47.9 Å². The number of rotatable bonds is 6. The lowest BCUT2D eigenvalue weighted by Gasteiger charge is -2.11. The van der Waals surface area contributed by atoms with Gasteiger partial charge in [-0.15, -0.1) is 10.2 Å². The lowest BCUT2D eigenvalue weighted by molar-refractivity contribution is 0.463. The first kappa shape index (κ1) is 17.7. The van der Waals surface area contributed by atoms with E-state index >= 15 is 0 Å². The van der Waals surface area contributed by atoms with Crippen LogP contribution in [0.4, 0.5) is 0 Å². The summed E-state index contributed by atoms with van der Waals surface area (Å²) >= 11 is 1.35. The van der Waals surface area contributed by atoms with Gasteiger partial charge in [-0.25, -0.2) is 12.7 Å². The lowest BCUT2D eigenvalue weighted by Crippen LogP contribution is -2.22. The van der Waals surface area contributed by atoms with E-state index in [4.69, 9.17) is 8.83 Å². The van der Waals surface area contributed by atoms with Crippen LogP contribution in [0.3, 0.4) is 0 Å². The van der Waals surface area contributed by atoms with Crippen molar-refractivity contribution in [3.8, 4) is 11.5 Å². The van der Waals surface area contributed by atoms with Gasteiger partial charge >= 0.3 is 0 Å². The van der Waals surface area contributed by atoms with E-state index < -0.39 is 10.0 Å². The summed E-state index contributed by atoms with van der Waals surface area (Å²) in [6.07, 6.45) is 1.57. The maximum atomic E-state index is 12.2. The highest BCUT2D eigenvalue weighted by Gasteiger charge is 2.18. The number of hydrogen-bond donors (Lipinski definition) is 0. The molecule has 3 rings (SSSR count). The van der Waals surface area contributed by atoms with Crippen LogP contribution in [0.15, 0.2) is 55.5 Å². The Hall–Kier alpha value is -2.10. The van der Waals surface area contributed by atoms with Crippen molar-refractivity contribution in [1.29, 1.82) is 0 Å². The first-order valence-corrected chi connectivity index (χ1v) is 9.83. The zero-order valence-electron chi connectivity index (χ0n) is 14.0. The fourth-order valence-electron chi connectivity index (χ4n) is 2.14. The van der Waals surface area contributed by atoms with Gasteiger partial charge in [-0.1, -0.05) is 23.9 Å². The summed E-state index contributed by atoms with van der Waals surface area (Å²) in [4.78, 5) is 0.260. The third-order valence-corrected chi connectivity index (χ3v) is 6.24. The Morgan fingerprint density at radius 2 is 2.00 bits per heavy atom. The SMILES string of the molecule is Cc1occc1-c1nnc(SCc2cccc(S(=O)(=O)N(C)C)c2)o1. The number of thioether (sulfide) groups is 1. The van der Waals surface area contributed by atoms with Gasteiger partial charge in [0.1, 0.15) is 5.76 Å². The topological polar surface area (TPSA) is 89.4 Å². The Labute approximate surface area is 150 Å². The highest BCUT2D eigenvalue weighted by atomic mass is 32.2. The van der Waals surface area contributed by atoms with E-state index in [-0.39, 0.29) is 4.90 Å². The summed E-state index contributed by atoms with van der Waals surface area (Å²) in [5, 5.41) is 8.43. The van der Waals surface area contributed by atoms with Crippen molar-refractivity contribution < 1.29 is 17.3 Å². The van der Waals surface area contributed by atoms with Crippen LogP contribution in [0.1, 0.15) is 11.3 Å². The van der Waals surface area contributed by atoms with Crippen LogP contribution >= 0.6 is 11.8 Å². The van der Waals surface area contributed by atoms with Gasteiger partial charge in [0.2, 0.25) is 10.0 Å². The zero-order valence-corrected chi connectivity index (χ0v) is 15.6. The minimum atomic E-state index is -3.45. The van der Waals surface area contributed by atoms with E-state index in [1.165, 1.54) is 30.2 Å². The van der Waals surface area contributed by atoms with Crippen LogP contribution in [-0.4, -0.2) is 37.0 Å². The van der Waals surface area contributed by atoms with Crippen molar-refractivity contribution in [3.63, 3.8) is 0 Å². The molecule has 25 heavy (non-hydrogen) atoms. The average molecular weight is 379 g/mol. The molecule has 2 heterocycles. The maximum Gasteiger partial charge on any atom is 0.277 e. The molecule has 0 aliphatic carbocycles. The highest BCUT2D eigenvalue weighted by molar-refractivity contribution is 7.98. The summed E-state index contributed by atoms with van der Waals surface area (Å²) < 4.78 is 36.4. The van der Waals surface area contributed by atoms with Crippen molar-refractivity contribution in [2.75, 3.05) is 14.1 Å². The number of aromatic nitrogens is 2. The largest absolute Gasteiger partial charge is 0.469 e. The third kappa shape index (κ3) is 3.78. The third-order valence-electron chi connectivity index (χ3n) is 3.54. The monoisotopic (exact) mass is 379 g/mol. The van der Waals surface area contributed by atoms with Crippen LogP contribution in [0.25, 0.3) is 11.5 Å². The van der Waals surface area contributed by atoms with Crippen molar-refractivity contribution in [2.24, 2.45) is 0 Å². The predicted octanol–water partition coefficient (Wildman–Crippen LogP) is 3.18. The summed E-state index contributed by atoms with van der Waals surface area (Å²) in [5.41, 5.74) is 1.62. The minimum absolute atomic E-state index is 0.260. The van der Waals surface area contributed by atoms with Crippen LogP contribution in [0, 0.1) is 6.92 Å². The molecule has 0 atom stereocenters. The normalized spacial score (nSPS) is 12.0. The van der Waals surface area contributed by atoms with Gasteiger partial charge in [-0.3, -0.25) is 0 Å². The Morgan fingerprint density at radius 1 is 1.20 bits per heavy atom. The summed E-state index contributed by atoms with van der Waals surface area (Å²) in [7, 11) is -0.433. The molecular formula is C16H17N3O4S2. The van der Waals surface area contributed by atoms with E-state index in [9.17, 15) is 8.42 Å². The van der Waals surface area contributed by atoms with Crippen LogP contribution in [0.2, 0.25) is 0 Å². The van der Waals surface area contributed by atoms with Crippen LogP contribution in [-0.2, 0) is 15.8 Å². The number of hydrogen-bond acceptors (Lipinski definition) is 7. The molecule has 2 aromatic heterocycles. The first-order valence-electron chi connectivity index (χ1n) is 7.40. The van der Waals surface area contributed by atoms with Crippen molar-refractivity contribution in [2.45, 2.75) is 22.8 Å². The van der Waals surface area contributed by atoms with Crippen LogP contribution < -0.4 is 0 Å². The Bertz CT molecular complexity index is 977. The number of aryl methyl sites for hydroxylation is 1. The molecular weight excluding hydrogens is 362 g/mol. The molecule has 0 aliphatic heterocycles. The average Bonchev–Trinajstić information content (AvgIpc) is 3.21. The van der Waals surface area contributed by atoms with E-state index in [2.05, 4.69) is 10.2 Å². The van der Waals surface area contributed by atoms with E-state index in [0.717, 1.165) is 11.1 Å². The van der Waals surface area contributed by atoms with Gasteiger partial charge < -0.3 is 8.83 Å². The molecule has 3 aromatic rings. The van der Waals surface area contributed by atoms with Gasteiger partial charge in [-0.05, 0) is 30.7 Å². The summed E-state index contributed by atoms with van der Waals surface area (Å²) in [5.74, 6) is 1.63. The number of sulfonamides is 1. The maximum absolute atomic E-state index is 12.2. The standard InChI is InChI=1S/C16H17N3O4S2/c1-11-14(7-8-22-11)15-17-18-16(23-15)24-10-12-5-4-6-13(9-12)25(20,21)19(2)3/h4-9H,10H2,1-3H3. The number of benzene rings is 1. The zero-order chi connectivity index (χ0) is 18.0. The molecule has 9 heteroatoms. The second-order valence-electron chi connectivity index (χ2n) is 5.49. The molecule has 0 radical (unpaired) electrons. The fraction of sp³-hybridized carbons (Fsp3) is 0.250. The Balaban J connectivity index is 1.73. The molecule has 0 spiro atoms. The molecule has 7 nitrogen and oxygen atoms in total. The van der Waals surface area contributed by atoms with Crippen molar-refractivity contribution in [1.82, 2.24) is 14.5 Å². The quantitative estimate of drug-likeness (QED) is 0.608. The summed E-state index contributed by atoms with van der Waals surface area (Å²) in [6, 6.07) is 8.59. The van der Waals surface area contributed by atoms with Gasteiger partial charge in [-0.2, -0.15) is 0 Å². The lowest BCUT2D eigenvalue weighted by atomic mass is 10.2. The molecule has 0 N–H and O–H groups in total. The number of furan rings is 1. The molecule has 0 aliphatic rings. The second kappa shape index (κ2) is 7.03. The van der Waals surface area contributed by atoms with E-state index in [1.54, 1.807) is 30.5 Å². The second-order valence-corrected chi connectivity index (χ2v) is 8.57. The fourth-order valence-corrected chi connectivity index (χ4v) is 3.81. The molecule has 0 bridgehead atoms. The number of nitrogens with zero attached hydrogens (tertiary/aromatic N) is 3. The van der Waals surface area contributed by atoms with Crippen LogP contribution in [0.5, 0.6) is 0 Å². The van der Waals surface area contributed by atoms with E-state index in [1.807, 2.05) is 13.0 Å². The Morgan fingerprint density at radius 3 is 2.68 bits per heavy atom. The molecule has 0 saturated carbocycles. The molecule has 0 saturated heterocycles. The molecule has 0 fully saturated rings. The van der Waals surface area contributed by atoms with Gasteiger partial charge in [0, 0.05) is 19.8 Å². The van der Waals surface area contributed by atoms with Gasteiger partial charge in [0.25, 0.3) is 11.1 Å². The highest BCUT2D eigenvalue weighted by Crippen LogP contribution is 2.28. The van der Waals surface area contributed by atoms with E-state index in [0.29, 0.717) is 22.6 Å². The summed E-state index contributed by atoms with van der Waals surface area (Å²) in [6.45, 7) is 1.82. The predicted molar refractivity (Wildman–Crippen MR) is 93.6 cm³/mol. The van der Waals surface area contributed by atoms with Gasteiger partial charge in [0.15, 0.2) is 0 Å². The molecule has 0 amide bonds. The molecule has 0 unspecified atom stereocenters. The van der Waals surface area contributed by atoms with Gasteiger partial charge in [0.05, 0.1) is 16.7 Å². The first-order chi connectivity index (χ1) is 11.9. The molecule has 132 valence electrons.